The maximum absolute atomic E-state index is 11.3. The fraction of sp³-hybridized carbons (Fsp3) is 0.231. The molecule has 0 atom stereocenters. The van der Waals surface area contributed by atoms with E-state index in [-0.39, 0.29) is 5.91 Å². The Balaban J connectivity index is 1.78. The number of amides is 1. The quantitative estimate of drug-likeness (QED) is 0.719. The van der Waals surface area contributed by atoms with E-state index in [1.165, 1.54) is 0 Å². The number of carbonyl (C=O) groups is 1. The Hall–Kier alpha value is -2.50. The number of nitrogen functional groups attached to an aromatic ring is 1. The molecule has 19 heavy (non-hydrogen) atoms. The van der Waals surface area contributed by atoms with E-state index in [1.54, 1.807) is 10.9 Å². The highest BCUT2D eigenvalue weighted by molar-refractivity contribution is 6.00. The number of benzene rings is 1. The molecule has 4 N–H and O–H groups in total. The lowest BCUT2D eigenvalue weighted by molar-refractivity contribution is -0.115. The van der Waals surface area contributed by atoms with Gasteiger partial charge in [0.15, 0.2) is 0 Å². The van der Waals surface area contributed by atoms with E-state index in [0.29, 0.717) is 18.7 Å². The van der Waals surface area contributed by atoms with Gasteiger partial charge in [0, 0.05) is 31.0 Å². The summed E-state index contributed by atoms with van der Waals surface area (Å²) in [5, 5.41) is 10.2. The van der Waals surface area contributed by atoms with Crippen LogP contribution in [0.15, 0.2) is 24.5 Å². The van der Waals surface area contributed by atoms with Crippen LogP contribution in [0.5, 0.6) is 0 Å². The number of fused-ring (bicyclic) bond motifs is 1. The Morgan fingerprint density at radius 2 is 2.37 bits per heavy atom. The average molecular weight is 257 g/mol. The molecule has 3 rings (SSSR count). The maximum atomic E-state index is 11.3. The van der Waals surface area contributed by atoms with Crippen LogP contribution in [0.25, 0.3) is 0 Å². The molecule has 0 aliphatic carbocycles. The minimum absolute atomic E-state index is 0.0128. The third kappa shape index (κ3) is 2.24. The van der Waals surface area contributed by atoms with Gasteiger partial charge in [-0.25, -0.2) is 0 Å². The van der Waals surface area contributed by atoms with Crippen LogP contribution in [0, 0.1) is 0 Å². The number of hydrogen-bond acceptors (Lipinski definition) is 4. The third-order valence-electron chi connectivity index (χ3n) is 3.14. The molecular weight excluding hydrogens is 242 g/mol. The molecule has 1 aliphatic rings. The van der Waals surface area contributed by atoms with Crippen molar-refractivity contribution >= 4 is 23.0 Å². The van der Waals surface area contributed by atoms with Crippen LogP contribution in [-0.2, 0) is 24.8 Å². The highest BCUT2D eigenvalue weighted by atomic mass is 16.1. The molecule has 2 heterocycles. The van der Waals surface area contributed by atoms with Crippen molar-refractivity contribution in [2.75, 3.05) is 16.4 Å². The van der Waals surface area contributed by atoms with Crippen molar-refractivity contribution in [2.45, 2.75) is 13.0 Å². The first kappa shape index (κ1) is 11.6. The summed E-state index contributed by atoms with van der Waals surface area (Å²) in [4.78, 5) is 11.3. The summed E-state index contributed by atoms with van der Waals surface area (Å²) >= 11 is 0. The van der Waals surface area contributed by atoms with Crippen molar-refractivity contribution in [3.8, 4) is 0 Å². The van der Waals surface area contributed by atoms with Gasteiger partial charge in [-0.1, -0.05) is 0 Å². The van der Waals surface area contributed by atoms with Crippen LogP contribution >= 0.6 is 0 Å². The lowest BCUT2D eigenvalue weighted by Gasteiger charge is -2.10. The lowest BCUT2D eigenvalue weighted by atomic mass is 10.1. The summed E-state index contributed by atoms with van der Waals surface area (Å²) in [5.74, 6) is 0.0128. The van der Waals surface area contributed by atoms with Crippen LogP contribution in [0.2, 0.25) is 0 Å². The first-order valence-corrected chi connectivity index (χ1v) is 6.05. The van der Waals surface area contributed by atoms with E-state index in [0.717, 1.165) is 22.5 Å². The van der Waals surface area contributed by atoms with Gasteiger partial charge in [-0.15, -0.1) is 0 Å². The average Bonchev–Trinajstić information content (AvgIpc) is 2.91. The van der Waals surface area contributed by atoms with Gasteiger partial charge in [0.2, 0.25) is 5.91 Å². The fourth-order valence-corrected chi connectivity index (χ4v) is 2.21. The summed E-state index contributed by atoms with van der Waals surface area (Å²) in [6, 6.07) is 3.73. The van der Waals surface area contributed by atoms with Crippen molar-refractivity contribution in [1.29, 1.82) is 0 Å². The van der Waals surface area contributed by atoms with Gasteiger partial charge in [0.25, 0.3) is 0 Å². The number of aryl methyl sites for hydroxylation is 1. The van der Waals surface area contributed by atoms with E-state index < -0.39 is 0 Å². The number of carbonyl (C=O) groups excluding carboxylic acids is 1. The second-order valence-corrected chi connectivity index (χ2v) is 4.70. The predicted octanol–water partition coefficient (Wildman–Crippen LogP) is 1.11. The number of aromatic nitrogens is 2. The third-order valence-corrected chi connectivity index (χ3v) is 3.14. The van der Waals surface area contributed by atoms with Crippen LogP contribution < -0.4 is 16.4 Å². The number of rotatable bonds is 3. The highest BCUT2D eigenvalue weighted by Crippen LogP contribution is 2.31. The van der Waals surface area contributed by atoms with Crippen molar-refractivity contribution in [3.05, 3.63) is 35.7 Å². The molecule has 2 aromatic rings. The van der Waals surface area contributed by atoms with Gasteiger partial charge in [-0.3, -0.25) is 9.48 Å². The normalized spacial score (nSPS) is 13.2. The summed E-state index contributed by atoms with van der Waals surface area (Å²) in [6.45, 7) is 0.644. The van der Waals surface area contributed by atoms with Gasteiger partial charge in [-0.05, 0) is 17.7 Å². The first-order chi connectivity index (χ1) is 9.11. The zero-order chi connectivity index (χ0) is 13.4. The van der Waals surface area contributed by atoms with Crippen molar-refractivity contribution < 1.29 is 4.79 Å². The van der Waals surface area contributed by atoms with E-state index >= 15 is 0 Å². The molecule has 6 nitrogen and oxygen atoms in total. The Morgan fingerprint density at radius 1 is 1.53 bits per heavy atom. The maximum Gasteiger partial charge on any atom is 0.228 e. The molecule has 0 unspecified atom stereocenters. The van der Waals surface area contributed by atoms with Crippen molar-refractivity contribution in [3.63, 3.8) is 0 Å². The van der Waals surface area contributed by atoms with Gasteiger partial charge >= 0.3 is 0 Å². The molecule has 0 radical (unpaired) electrons. The SMILES string of the molecule is Cn1cc(CNc2cc3c(cc2N)CC(=O)N3)cn1. The molecule has 1 amide bonds. The molecule has 1 aromatic carbocycles. The second-order valence-electron chi connectivity index (χ2n) is 4.70. The first-order valence-electron chi connectivity index (χ1n) is 6.05. The largest absolute Gasteiger partial charge is 0.397 e. The van der Waals surface area contributed by atoms with Crippen LogP contribution in [0.3, 0.4) is 0 Å². The topological polar surface area (TPSA) is 85.0 Å². The Kier molecular flexibility index (Phi) is 2.63. The predicted molar refractivity (Wildman–Crippen MR) is 73.7 cm³/mol. The number of hydrogen-bond donors (Lipinski definition) is 3. The Labute approximate surface area is 110 Å². The number of anilines is 3. The number of nitrogens with two attached hydrogens (primary N) is 1. The number of nitrogens with one attached hydrogen (secondary N) is 2. The van der Waals surface area contributed by atoms with E-state index in [2.05, 4.69) is 15.7 Å². The zero-order valence-corrected chi connectivity index (χ0v) is 10.6. The second kappa shape index (κ2) is 4.31. The Morgan fingerprint density at radius 3 is 3.11 bits per heavy atom. The smallest absolute Gasteiger partial charge is 0.228 e. The van der Waals surface area contributed by atoms with E-state index in [1.807, 2.05) is 25.4 Å². The summed E-state index contributed by atoms with van der Waals surface area (Å²) in [6.07, 6.45) is 4.15. The van der Waals surface area contributed by atoms with Gasteiger partial charge < -0.3 is 16.4 Å². The molecule has 1 aromatic heterocycles. The molecule has 0 saturated heterocycles. The summed E-state index contributed by atoms with van der Waals surface area (Å²) < 4.78 is 1.75. The minimum Gasteiger partial charge on any atom is -0.397 e. The fourth-order valence-electron chi connectivity index (χ4n) is 2.21. The lowest BCUT2D eigenvalue weighted by Crippen LogP contribution is -2.04. The molecule has 6 heteroatoms. The van der Waals surface area contributed by atoms with E-state index in [9.17, 15) is 4.79 Å². The minimum atomic E-state index is 0.0128. The molecule has 0 bridgehead atoms. The standard InChI is InChI=1S/C13H15N5O/c1-18-7-8(6-16-18)5-15-12-4-11-9(2-10(12)14)3-13(19)17-11/h2,4,6-7,15H,3,5,14H2,1H3,(H,17,19). The van der Waals surface area contributed by atoms with Crippen LogP contribution in [0.4, 0.5) is 17.1 Å². The summed E-state index contributed by atoms with van der Waals surface area (Å²) in [5.41, 5.74) is 10.3. The van der Waals surface area contributed by atoms with Crippen molar-refractivity contribution in [2.24, 2.45) is 7.05 Å². The molecule has 0 spiro atoms. The highest BCUT2D eigenvalue weighted by Gasteiger charge is 2.19. The molecule has 0 saturated carbocycles. The van der Waals surface area contributed by atoms with Crippen LogP contribution in [-0.4, -0.2) is 15.7 Å². The van der Waals surface area contributed by atoms with Gasteiger partial charge in [0.05, 0.1) is 24.0 Å². The van der Waals surface area contributed by atoms with Crippen LogP contribution in [0.1, 0.15) is 11.1 Å². The van der Waals surface area contributed by atoms with Gasteiger partial charge in [-0.2, -0.15) is 5.10 Å². The molecule has 0 fully saturated rings. The number of nitrogens with zero attached hydrogens (tertiary/aromatic N) is 2. The zero-order valence-electron chi connectivity index (χ0n) is 10.6. The van der Waals surface area contributed by atoms with Gasteiger partial charge in [0.1, 0.15) is 0 Å². The summed E-state index contributed by atoms with van der Waals surface area (Å²) in [7, 11) is 1.88. The molecule has 1 aliphatic heterocycles. The monoisotopic (exact) mass is 257 g/mol. The molecular formula is C13H15N5O. The molecule has 98 valence electrons. The van der Waals surface area contributed by atoms with Crippen molar-refractivity contribution in [1.82, 2.24) is 9.78 Å². The van der Waals surface area contributed by atoms with E-state index in [4.69, 9.17) is 5.73 Å². The Bertz CT molecular complexity index is 646.